The van der Waals surface area contributed by atoms with Crippen molar-refractivity contribution in [1.82, 2.24) is 20.1 Å². The fourth-order valence-corrected chi connectivity index (χ4v) is 5.22. The van der Waals surface area contributed by atoms with Crippen LogP contribution >= 0.6 is 11.8 Å². The van der Waals surface area contributed by atoms with Crippen LogP contribution in [0.25, 0.3) is 5.69 Å². The Morgan fingerprint density at radius 1 is 0.921 bits per heavy atom. The van der Waals surface area contributed by atoms with Gasteiger partial charge in [0, 0.05) is 17.9 Å². The molecule has 0 aliphatic heterocycles. The smallest absolute Gasteiger partial charge is 0.220 e. The van der Waals surface area contributed by atoms with E-state index in [1.165, 1.54) is 12.1 Å². The van der Waals surface area contributed by atoms with Crippen molar-refractivity contribution in [2.45, 2.75) is 69.3 Å². The summed E-state index contributed by atoms with van der Waals surface area (Å²) in [6.07, 6.45) is 5.30. The van der Waals surface area contributed by atoms with E-state index in [4.69, 9.17) is 0 Å². The zero-order valence-corrected chi connectivity index (χ0v) is 22.9. The van der Waals surface area contributed by atoms with Gasteiger partial charge >= 0.3 is 0 Å². The molecule has 0 spiro atoms. The molecular formula is C31H35FN4OS. The molecule has 0 saturated heterocycles. The van der Waals surface area contributed by atoms with Crippen molar-refractivity contribution in [3.8, 4) is 5.69 Å². The molecule has 1 unspecified atom stereocenters. The Bertz CT molecular complexity index is 1290. The first kappa shape index (κ1) is 27.6. The standard InChI is InChI=1S/C31H35FN4OS/c1-3-4-5-9-12-29(37)33-28(21-24-10-7-6-8-11-24)30-34-35-31(36(30)27-19-13-23(2)14-20-27)38-22-25-15-17-26(32)18-16-25/h6-8,10-11,13-20,28H,3-5,9,12,21-22H2,1-2H3,(H,33,37). The van der Waals surface area contributed by atoms with Crippen molar-refractivity contribution in [1.29, 1.82) is 0 Å². The summed E-state index contributed by atoms with van der Waals surface area (Å²) in [5.41, 5.74) is 4.21. The van der Waals surface area contributed by atoms with E-state index in [0.717, 1.165) is 53.2 Å². The second-order valence-corrected chi connectivity index (χ2v) is 10.5. The SMILES string of the molecule is CCCCCCC(=O)NC(Cc1ccccc1)c1nnc(SCc2ccc(F)cc2)n1-c1ccc(C)cc1. The third-order valence-electron chi connectivity index (χ3n) is 6.42. The number of hydrogen-bond donors (Lipinski definition) is 1. The maximum Gasteiger partial charge on any atom is 0.220 e. The number of rotatable bonds is 13. The minimum Gasteiger partial charge on any atom is -0.346 e. The number of carbonyl (C=O) groups excluding carboxylic acids is 1. The van der Waals surface area contributed by atoms with Crippen LogP contribution in [0.5, 0.6) is 0 Å². The minimum atomic E-state index is -0.343. The molecule has 5 nitrogen and oxygen atoms in total. The molecule has 0 radical (unpaired) electrons. The van der Waals surface area contributed by atoms with Crippen molar-refractivity contribution in [2.24, 2.45) is 0 Å². The van der Waals surface area contributed by atoms with Crippen LogP contribution in [0.1, 0.15) is 67.6 Å². The highest BCUT2D eigenvalue weighted by Crippen LogP contribution is 2.29. The summed E-state index contributed by atoms with van der Waals surface area (Å²) in [6, 6.07) is 24.5. The van der Waals surface area contributed by atoms with E-state index in [1.807, 2.05) is 22.8 Å². The molecular weight excluding hydrogens is 495 g/mol. The second-order valence-electron chi connectivity index (χ2n) is 9.55. The predicted octanol–water partition coefficient (Wildman–Crippen LogP) is 7.38. The summed E-state index contributed by atoms with van der Waals surface area (Å²) in [5, 5.41) is 13.2. The fourth-order valence-electron chi connectivity index (χ4n) is 4.30. The largest absolute Gasteiger partial charge is 0.346 e. The highest BCUT2D eigenvalue weighted by atomic mass is 32.2. The van der Waals surface area contributed by atoms with Gasteiger partial charge in [0.2, 0.25) is 5.91 Å². The predicted molar refractivity (Wildman–Crippen MR) is 152 cm³/mol. The molecule has 1 aromatic heterocycles. The Kier molecular flexibility index (Phi) is 10.1. The van der Waals surface area contributed by atoms with Gasteiger partial charge in [-0.25, -0.2) is 4.39 Å². The lowest BCUT2D eigenvalue weighted by Crippen LogP contribution is -2.31. The molecule has 1 heterocycles. The highest BCUT2D eigenvalue weighted by molar-refractivity contribution is 7.98. The van der Waals surface area contributed by atoms with E-state index in [-0.39, 0.29) is 17.8 Å². The summed E-state index contributed by atoms with van der Waals surface area (Å²) < 4.78 is 15.4. The number of aryl methyl sites for hydroxylation is 1. The summed E-state index contributed by atoms with van der Waals surface area (Å²) >= 11 is 1.54. The summed E-state index contributed by atoms with van der Waals surface area (Å²) in [4.78, 5) is 13.0. The van der Waals surface area contributed by atoms with Gasteiger partial charge in [-0.15, -0.1) is 10.2 Å². The van der Waals surface area contributed by atoms with E-state index < -0.39 is 0 Å². The normalized spacial score (nSPS) is 11.9. The monoisotopic (exact) mass is 530 g/mol. The molecule has 38 heavy (non-hydrogen) atoms. The van der Waals surface area contributed by atoms with Crippen molar-refractivity contribution < 1.29 is 9.18 Å². The molecule has 3 aromatic carbocycles. The lowest BCUT2D eigenvalue weighted by molar-refractivity contribution is -0.122. The molecule has 4 rings (SSSR count). The molecule has 1 amide bonds. The van der Waals surface area contributed by atoms with Crippen molar-refractivity contribution >= 4 is 17.7 Å². The van der Waals surface area contributed by atoms with E-state index in [2.05, 4.69) is 65.8 Å². The zero-order chi connectivity index (χ0) is 26.7. The number of benzene rings is 3. The average molecular weight is 531 g/mol. The third kappa shape index (κ3) is 7.78. The van der Waals surface area contributed by atoms with Gasteiger partial charge in [0.15, 0.2) is 11.0 Å². The van der Waals surface area contributed by atoms with Gasteiger partial charge in [-0.1, -0.05) is 98.1 Å². The van der Waals surface area contributed by atoms with E-state index in [1.54, 1.807) is 23.9 Å². The van der Waals surface area contributed by atoms with E-state index in [9.17, 15) is 9.18 Å². The average Bonchev–Trinajstić information content (AvgIpc) is 3.35. The number of thioether (sulfide) groups is 1. The lowest BCUT2D eigenvalue weighted by Gasteiger charge is -2.20. The maximum absolute atomic E-state index is 13.4. The molecule has 4 aromatic rings. The van der Waals surface area contributed by atoms with E-state index in [0.29, 0.717) is 24.4 Å². The molecule has 7 heteroatoms. The molecule has 1 atom stereocenters. The minimum absolute atomic E-state index is 0.0287. The van der Waals surface area contributed by atoms with Crippen molar-refractivity contribution in [2.75, 3.05) is 0 Å². The van der Waals surface area contributed by atoms with Gasteiger partial charge in [0.1, 0.15) is 5.82 Å². The number of unbranched alkanes of at least 4 members (excludes halogenated alkanes) is 3. The number of nitrogens with one attached hydrogen (secondary N) is 1. The Labute approximate surface area is 228 Å². The number of halogens is 1. The zero-order valence-electron chi connectivity index (χ0n) is 22.1. The van der Waals surface area contributed by atoms with Gasteiger partial charge in [0.25, 0.3) is 0 Å². The van der Waals surface area contributed by atoms with Crippen LogP contribution in [0.15, 0.2) is 84.0 Å². The topological polar surface area (TPSA) is 59.8 Å². The van der Waals surface area contributed by atoms with Crippen LogP contribution in [0, 0.1) is 12.7 Å². The number of hydrogen-bond acceptors (Lipinski definition) is 4. The van der Waals surface area contributed by atoms with Crippen LogP contribution < -0.4 is 5.32 Å². The van der Waals surface area contributed by atoms with Crippen LogP contribution in [0.2, 0.25) is 0 Å². The quantitative estimate of drug-likeness (QED) is 0.145. The van der Waals surface area contributed by atoms with Gasteiger partial charge in [0.05, 0.1) is 6.04 Å². The van der Waals surface area contributed by atoms with Gasteiger partial charge < -0.3 is 5.32 Å². The van der Waals surface area contributed by atoms with Crippen LogP contribution in [0.4, 0.5) is 4.39 Å². The maximum atomic E-state index is 13.4. The molecule has 0 bridgehead atoms. The molecule has 0 saturated carbocycles. The number of carbonyl (C=O) groups is 1. The fraction of sp³-hybridized carbons (Fsp3) is 0.323. The summed E-state index contributed by atoms with van der Waals surface area (Å²) in [5.74, 6) is 1.09. The lowest BCUT2D eigenvalue weighted by atomic mass is 10.0. The van der Waals surface area contributed by atoms with Crippen LogP contribution in [0.3, 0.4) is 0 Å². The third-order valence-corrected chi connectivity index (χ3v) is 7.42. The Morgan fingerprint density at radius 2 is 1.66 bits per heavy atom. The Hall–Kier alpha value is -3.45. The Balaban J connectivity index is 1.65. The van der Waals surface area contributed by atoms with E-state index >= 15 is 0 Å². The van der Waals surface area contributed by atoms with Crippen molar-refractivity contribution in [3.05, 3.63) is 107 Å². The van der Waals surface area contributed by atoms with Gasteiger partial charge in [-0.05, 0) is 55.2 Å². The van der Waals surface area contributed by atoms with Crippen molar-refractivity contribution in [3.63, 3.8) is 0 Å². The number of aromatic nitrogens is 3. The van der Waals surface area contributed by atoms with Gasteiger partial charge in [-0.2, -0.15) is 0 Å². The highest BCUT2D eigenvalue weighted by Gasteiger charge is 2.25. The van der Waals surface area contributed by atoms with Gasteiger partial charge in [-0.3, -0.25) is 9.36 Å². The molecule has 0 fully saturated rings. The second kappa shape index (κ2) is 13.9. The first-order valence-electron chi connectivity index (χ1n) is 13.3. The number of amides is 1. The summed E-state index contributed by atoms with van der Waals surface area (Å²) in [7, 11) is 0. The molecule has 0 aliphatic carbocycles. The molecule has 1 N–H and O–H groups in total. The first-order valence-corrected chi connectivity index (χ1v) is 14.2. The molecule has 0 aliphatic rings. The molecule has 198 valence electrons. The Morgan fingerprint density at radius 3 is 2.37 bits per heavy atom. The summed E-state index contributed by atoms with van der Waals surface area (Å²) in [6.45, 7) is 4.22. The first-order chi connectivity index (χ1) is 18.5. The van der Waals surface area contributed by atoms with Crippen LogP contribution in [-0.4, -0.2) is 20.7 Å². The number of nitrogens with zero attached hydrogens (tertiary/aromatic N) is 3. The van der Waals surface area contributed by atoms with Crippen LogP contribution in [-0.2, 0) is 17.0 Å².